The van der Waals surface area contributed by atoms with E-state index in [2.05, 4.69) is 15.9 Å². The molecule has 0 aromatic heterocycles. The fourth-order valence-electron chi connectivity index (χ4n) is 0.825. The predicted octanol–water partition coefficient (Wildman–Crippen LogP) is 3.12. The highest BCUT2D eigenvalue weighted by atomic mass is 79.9. The Labute approximate surface area is 94.4 Å². The molecule has 0 aliphatic heterocycles. The summed E-state index contributed by atoms with van der Waals surface area (Å²) in [7, 11) is 1.49. The van der Waals surface area contributed by atoms with E-state index in [-0.39, 0.29) is 4.90 Å². The summed E-state index contributed by atoms with van der Waals surface area (Å²) >= 11 is 8.66. The minimum atomic E-state index is -3.68. The zero-order valence-electron chi connectivity index (χ0n) is 6.30. The summed E-state index contributed by atoms with van der Waals surface area (Å²) < 4.78 is 22.3. The Bertz CT molecular complexity index is 417. The molecule has 1 aromatic rings. The first-order chi connectivity index (χ1) is 5.95. The average molecular weight is 304 g/mol. The van der Waals surface area contributed by atoms with Crippen LogP contribution in [0.4, 0.5) is 0 Å². The number of benzene rings is 1. The van der Waals surface area contributed by atoms with Crippen molar-refractivity contribution < 1.29 is 8.42 Å². The van der Waals surface area contributed by atoms with E-state index in [9.17, 15) is 8.42 Å². The predicted molar refractivity (Wildman–Crippen MR) is 56.7 cm³/mol. The fraction of sp³-hybridized carbons (Fsp3) is 0.143. The molecule has 0 radical (unpaired) electrons. The van der Waals surface area contributed by atoms with E-state index in [0.29, 0.717) is 10.4 Å². The standard InChI is InChI=1S/C7H5BrCl2O2S/c8-6-3-5(4-9)1-2-7(6)13(10,11)12/h1-3H,4H2. The van der Waals surface area contributed by atoms with Gasteiger partial charge in [-0.25, -0.2) is 8.42 Å². The summed E-state index contributed by atoms with van der Waals surface area (Å²) in [6.07, 6.45) is 0. The van der Waals surface area contributed by atoms with E-state index in [0.717, 1.165) is 5.56 Å². The second-order valence-electron chi connectivity index (χ2n) is 2.34. The van der Waals surface area contributed by atoms with Gasteiger partial charge in [0.1, 0.15) is 0 Å². The van der Waals surface area contributed by atoms with Crippen molar-refractivity contribution in [1.82, 2.24) is 0 Å². The van der Waals surface area contributed by atoms with Crippen LogP contribution in [0.2, 0.25) is 0 Å². The Balaban J connectivity index is 3.29. The zero-order valence-corrected chi connectivity index (χ0v) is 10.2. The first kappa shape index (κ1) is 11.3. The van der Waals surface area contributed by atoms with Gasteiger partial charge in [-0.3, -0.25) is 0 Å². The van der Waals surface area contributed by atoms with Gasteiger partial charge in [0.2, 0.25) is 0 Å². The maximum absolute atomic E-state index is 11.0. The Hall–Kier alpha value is 0.230. The van der Waals surface area contributed by atoms with Crippen molar-refractivity contribution in [2.24, 2.45) is 0 Å². The van der Waals surface area contributed by atoms with Crippen LogP contribution < -0.4 is 0 Å². The maximum atomic E-state index is 11.0. The van der Waals surface area contributed by atoms with Crippen molar-refractivity contribution in [2.45, 2.75) is 10.8 Å². The molecule has 2 nitrogen and oxygen atoms in total. The SMILES string of the molecule is O=S(=O)(Cl)c1ccc(CCl)cc1Br. The van der Waals surface area contributed by atoms with Gasteiger partial charge >= 0.3 is 0 Å². The molecule has 13 heavy (non-hydrogen) atoms. The van der Waals surface area contributed by atoms with Crippen molar-refractivity contribution >= 4 is 47.3 Å². The highest BCUT2D eigenvalue weighted by Gasteiger charge is 2.13. The largest absolute Gasteiger partial charge is 0.262 e. The van der Waals surface area contributed by atoms with Crippen LogP contribution in [0.1, 0.15) is 5.56 Å². The molecule has 0 fully saturated rings. The Kier molecular flexibility index (Phi) is 3.63. The smallest absolute Gasteiger partial charge is 0.207 e. The second kappa shape index (κ2) is 4.17. The summed E-state index contributed by atoms with van der Waals surface area (Å²) in [6, 6.07) is 4.67. The highest BCUT2D eigenvalue weighted by molar-refractivity contribution is 9.10. The van der Waals surface area contributed by atoms with E-state index in [1.165, 1.54) is 6.07 Å². The van der Waals surface area contributed by atoms with Crippen LogP contribution in [-0.4, -0.2) is 8.42 Å². The molecule has 6 heteroatoms. The fourth-order valence-corrected chi connectivity index (χ4v) is 3.26. The topological polar surface area (TPSA) is 34.1 Å². The van der Waals surface area contributed by atoms with Crippen molar-refractivity contribution in [3.63, 3.8) is 0 Å². The van der Waals surface area contributed by atoms with Gasteiger partial charge in [0.05, 0.1) is 4.90 Å². The molecule has 0 saturated heterocycles. The van der Waals surface area contributed by atoms with Gasteiger partial charge in [-0.2, -0.15) is 0 Å². The Morgan fingerprint density at radius 2 is 2.00 bits per heavy atom. The summed E-state index contributed by atoms with van der Waals surface area (Å²) in [4.78, 5) is 0.0584. The van der Waals surface area contributed by atoms with E-state index in [1.54, 1.807) is 12.1 Å². The maximum Gasteiger partial charge on any atom is 0.262 e. The molecule has 0 atom stereocenters. The lowest BCUT2D eigenvalue weighted by molar-refractivity contribution is 0.609. The molecule has 0 bridgehead atoms. The summed E-state index contributed by atoms with van der Waals surface area (Å²) in [5, 5.41) is 0. The Morgan fingerprint density at radius 1 is 1.38 bits per heavy atom. The number of alkyl halides is 1. The first-order valence-corrected chi connectivity index (χ1v) is 6.88. The van der Waals surface area contributed by atoms with Crippen LogP contribution in [0, 0.1) is 0 Å². The van der Waals surface area contributed by atoms with E-state index in [1.807, 2.05) is 0 Å². The number of hydrogen-bond acceptors (Lipinski definition) is 2. The number of hydrogen-bond donors (Lipinski definition) is 0. The van der Waals surface area contributed by atoms with Gasteiger partial charge in [-0.1, -0.05) is 6.07 Å². The third-order valence-electron chi connectivity index (χ3n) is 1.41. The molecule has 0 heterocycles. The number of halogens is 3. The molecule has 0 unspecified atom stereocenters. The summed E-state index contributed by atoms with van der Waals surface area (Å²) in [5.74, 6) is 0.335. The lowest BCUT2D eigenvalue weighted by atomic mass is 10.2. The van der Waals surface area contributed by atoms with Crippen LogP contribution in [0.25, 0.3) is 0 Å². The molecule has 72 valence electrons. The van der Waals surface area contributed by atoms with E-state index < -0.39 is 9.05 Å². The molecule has 0 N–H and O–H groups in total. The molecule has 0 saturated carbocycles. The molecular weight excluding hydrogens is 299 g/mol. The van der Waals surface area contributed by atoms with Crippen molar-refractivity contribution in [3.05, 3.63) is 28.2 Å². The minimum absolute atomic E-state index is 0.0584. The summed E-state index contributed by atoms with van der Waals surface area (Å²) in [5.41, 5.74) is 0.831. The second-order valence-corrected chi connectivity index (χ2v) is 5.99. The van der Waals surface area contributed by atoms with Crippen LogP contribution in [0.15, 0.2) is 27.6 Å². The van der Waals surface area contributed by atoms with Gasteiger partial charge in [0.15, 0.2) is 0 Å². The van der Waals surface area contributed by atoms with Gasteiger partial charge in [-0.05, 0) is 33.6 Å². The minimum Gasteiger partial charge on any atom is -0.207 e. The van der Waals surface area contributed by atoms with E-state index in [4.69, 9.17) is 22.3 Å². The van der Waals surface area contributed by atoms with Gasteiger partial charge in [0.25, 0.3) is 9.05 Å². The zero-order chi connectivity index (χ0) is 10.1. The molecule has 0 amide bonds. The highest BCUT2D eigenvalue weighted by Crippen LogP contribution is 2.26. The normalized spacial score (nSPS) is 11.6. The monoisotopic (exact) mass is 302 g/mol. The Morgan fingerprint density at radius 3 is 2.38 bits per heavy atom. The molecule has 1 rings (SSSR count). The van der Waals surface area contributed by atoms with Gasteiger partial charge < -0.3 is 0 Å². The third kappa shape index (κ3) is 2.84. The average Bonchev–Trinajstić information content (AvgIpc) is 2.01. The van der Waals surface area contributed by atoms with Crippen LogP contribution in [-0.2, 0) is 14.9 Å². The summed E-state index contributed by atoms with van der Waals surface area (Å²) in [6.45, 7) is 0. The van der Waals surface area contributed by atoms with Crippen molar-refractivity contribution in [3.8, 4) is 0 Å². The van der Waals surface area contributed by atoms with Crippen LogP contribution >= 0.6 is 38.2 Å². The number of rotatable bonds is 2. The lowest BCUT2D eigenvalue weighted by Crippen LogP contribution is -1.92. The third-order valence-corrected chi connectivity index (χ3v) is 4.02. The molecule has 0 aliphatic carbocycles. The van der Waals surface area contributed by atoms with Crippen molar-refractivity contribution in [1.29, 1.82) is 0 Å². The molecule has 1 aromatic carbocycles. The van der Waals surface area contributed by atoms with Gasteiger partial charge in [0, 0.05) is 21.0 Å². The van der Waals surface area contributed by atoms with Crippen LogP contribution in [0.5, 0.6) is 0 Å². The molecule has 0 spiro atoms. The first-order valence-electron chi connectivity index (χ1n) is 3.24. The quantitative estimate of drug-likeness (QED) is 0.621. The lowest BCUT2D eigenvalue weighted by Gasteiger charge is -2.01. The molecule has 0 aliphatic rings. The van der Waals surface area contributed by atoms with Crippen LogP contribution in [0.3, 0.4) is 0 Å². The molecular formula is C7H5BrCl2O2S. The van der Waals surface area contributed by atoms with E-state index >= 15 is 0 Å². The van der Waals surface area contributed by atoms with Gasteiger partial charge in [-0.15, -0.1) is 11.6 Å². The van der Waals surface area contributed by atoms with Crippen molar-refractivity contribution in [2.75, 3.05) is 0 Å².